The van der Waals surface area contributed by atoms with Crippen LogP contribution in [-0.4, -0.2) is 27.4 Å². The molecule has 0 aliphatic carbocycles. The fourth-order valence-electron chi connectivity index (χ4n) is 3.08. The van der Waals surface area contributed by atoms with Crippen molar-refractivity contribution >= 4 is 22.9 Å². The number of benzene rings is 1. The van der Waals surface area contributed by atoms with Gasteiger partial charge in [-0.3, -0.25) is 9.59 Å². The SMILES string of the molecule is Cc1oc2ncn(C)c(=O)c2c1C(=O)OC(C)C(=O)c1ccc(C(C)(C)C)cc1. The third-order valence-corrected chi connectivity index (χ3v) is 4.84. The van der Waals surface area contributed by atoms with Crippen molar-refractivity contribution in [2.24, 2.45) is 7.05 Å². The predicted molar refractivity (Wildman–Crippen MR) is 108 cm³/mol. The van der Waals surface area contributed by atoms with Crippen molar-refractivity contribution in [3.05, 3.63) is 63.4 Å². The Labute approximate surface area is 168 Å². The minimum atomic E-state index is -1.02. The number of fused-ring (bicyclic) bond motifs is 1. The third-order valence-electron chi connectivity index (χ3n) is 4.84. The van der Waals surface area contributed by atoms with Gasteiger partial charge in [-0.15, -0.1) is 0 Å². The number of carbonyl (C=O) groups is 2. The molecule has 0 amide bonds. The number of rotatable bonds is 4. The second kappa shape index (κ2) is 7.31. The minimum absolute atomic E-state index is 0.00331. The van der Waals surface area contributed by atoms with Crippen molar-refractivity contribution < 1.29 is 18.7 Å². The molecule has 2 heterocycles. The molecule has 152 valence electrons. The molecule has 0 spiro atoms. The molecule has 0 saturated carbocycles. The summed E-state index contributed by atoms with van der Waals surface area (Å²) in [6.45, 7) is 9.32. The van der Waals surface area contributed by atoms with E-state index >= 15 is 0 Å². The molecule has 7 heteroatoms. The number of nitrogens with zero attached hydrogens (tertiary/aromatic N) is 2. The Bertz CT molecular complexity index is 1150. The zero-order valence-electron chi connectivity index (χ0n) is 17.4. The first kappa shape index (κ1) is 20.5. The van der Waals surface area contributed by atoms with Crippen LogP contribution in [0.4, 0.5) is 0 Å². The number of furan rings is 1. The highest BCUT2D eigenvalue weighted by Gasteiger charge is 2.27. The summed E-state index contributed by atoms with van der Waals surface area (Å²) in [5.74, 6) is -0.899. The van der Waals surface area contributed by atoms with Gasteiger partial charge in [-0.2, -0.15) is 0 Å². The number of ketones is 1. The van der Waals surface area contributed by atoms with Crippen LogP contribution in [0, 0.1) is 6.92 Å². The Morgan fingerprint density at radius 2 is 1.79 bits per heavy atom. The lowest BCUT2D eigenvalue weighted by Crippen LogP contribution is -2.26. The van der Waals surface area contributed by atoms with Crippen LogP contribution in [-0.2, 0) is 17.2 Å². The van der Waals surface area contributed by atoms with Gasteiger partial charge in [0.25, 0.3) is 5.56 Å². The normalized spacial score (nSPS) is 12.8. The van der Waals surface area contributed by atoms with Crippen molar-refractivity contribution in [2.75, 3.05) is 0 Å². The smallest absolute Gasteiger partial charge is 0.343 e. The summed E-state index contributed by atoms with van der Waals surface area (Å²) < 4.78 is 12.0. The molecule has 29 heavy (non-hydrogen) atoms. The van der Waals surface area contributed by atoms with Crippen LogP contribution in [0.3, 0.4) is 0 Å². The minimum Gasteiger partial charge on any atom is -0.451 e. The van der Waals surface area contributed by atoms with Crippen LogP contribution in [0.5, 0.6) is 0 Å². The number of hydrogen-bond acceptors (Lipinski definition) is 6. The van der Waals surface area contributed by atoms with Crippen molar-refractivity contribution in [3.63, 3.8) is 0 Å². The van der Waals surface area contributed by atoms with Gasteiger partial charge in [0.2, 0.25) is 11.5 Å². The van der Waals surface area contributed by atoms with E-state index in [4.69, 9.17) is 9.15 Å². The van der Waals surface area contributed by atoms with Crippen molar-refractivity contribution in [1.29, 1.82) is 0 Å². The number of carbonyl (C=O) groups excluding carboxylic acids is 2. The zero-order chi connectivity index (χ0) is 21.5. The molecule has 0 saturated heterocycles. The van der Waals surface area contributed by atoms with E-state index in [0.717, 1.165) is 5.56 Å². The Kier molecular flexibility index (Phi) is 5.17. The topological polar surface area (TPSA) is 91.4 Å². The first-order valence-corrected chi connectivity index (χ1v) is 9.31. The monoisotopic (exact) mass is 396 g/mol. The summed E-state index contributed by atoms with van der Waals surface area (Å²) in [7, 11) is 1.53. The van der Waals surface area contributed by atoms with Gasteiger partial charge in [-0.25, -0.2) is 9.78 Å². The van der Waals surface area contributed by atoms with E-state index in [1.165, 1.54) is 24.9 Å². The Balaban J connectivity index is 1.85. The Morgan fingerprint density at radius 3 is 2.38 bits per heavy atom. The van der Waals surface area contributed by atoms with Crippen molar-refractivity contribution in [2.45, 2.75) is 46.1 Å². The molecule has 0 fully saturated rings. The lowest BCUT2D eigenvalue weighted by Gasteiger charge is -2.19. The maximum absolute atomic E-state index is 12.7. The number of esters is 1. The van der Waals surface area contributed by atoms with Gasteiger partial charge >= 0.3 is 5.97 Å². The predicted octanol–water partition coefficient (Wildman–Crippen LogP) is 3.56. The van der Waals surface area contributed by atoms with Gasteiger partial charge < -0.3 is 13.7 Å². The number of aryl methyl sites for hydroxylation is 2. The highest BCUT2D eigenvalue weighted by atomic mass is 16.5. The summed E-state index contributed by atoms with van der Waals surface area (Å²) in [5.41, 5.74) is 1.16. The standard InChI is InChI=1S/C22H24N2O5/c1-12-16(17-19(28-12)23-11-24(6)20(17)26)21(27)29-13(2)18(25)14-7-9-15(10-8-14)22(3,4)5/h7-11,13H,1-6H3. The molecule has 2 aromatic heterocycles. The van der Waals surface area contributed by atoms with Crippen LogP contribution >= 0.6 is 0 Å². The largest absolute Gasteiger partial charge is 0.451 e. The molecular weight excluding hydrogens is 372 g/mol. The van der Waals surface area contributed by atoms with Gasteiger partial charge in [0.15, 0.2) is 6.10 Å². The molecule has 1 aromatic carbocycles. The molecule has 3 aromatic rings. The lowest BCUT2D eigenvalue weighted by molar-refractivity contribution is 0.0318. The van der Waals surface area contributed by atoms with Gasteiger partial charge in [0, 0.05) is 12.6 Å². The summed E-state index contributed by atoms with van der Waals surface area (Å²) in [4.78, 5) is 41.9. The zero-order valence-corrected chi connectivity index (χ0v) is 17.4. The summed E-state index contributed by atoms with van der Waals surface area (Å²) in [6, 6.07) is 7.24. The molecule has 0 bridgehead atoms. The molecule has 0 N–H and O–H groups in total. The van der Waals surface area contributed by atoms with E-state index in [2.05, 4.69) is 25.8 Å². The van der Waals surface area contributed by atoms with Crippen LogP contribution in [0.15, 0.2) is 39.8 Å². The molecule has 0 aliphatic rings. The molecule has 1 unspecified atom stereocenters. The van der Waals surface area contributed by atoms with E-state index in [1.807, 2.05) is 12.1 Å². The van der Waals surface area contributed by atoms with Gasteiger partial charge in [-0.1, -0.05) is 45.0 Å². The molecular formula is C22H24N2O5. The number of Topliss-reactive ketones (excluding diaryl/α,β-unsaturated/α-hetero) is 1. The van der Waals surface area contributed by atoms with E-state index < -0.39 is 17.6 Å². The quantitative estimate of drug-likeness (QED) is 0.495. The molecule has 0 radical (unpaired) electrons. The fraction of sp³-hybridized carbons (Fsp3) is 0.364. The third kappa shape index (κ3) is 3.85. The van der Waals surface area contributed by atoms with Crippen molar-refractivity contribution in [3.8, 4) is 0 Å². The van der Waals surface area contributed by atoms with E-state index in [-0.39, 0.29) is 33.6 Å². The highest BCUT2D eigenvalue weighted by molar-refractivity contribution is 6.06. The van der Waals surface area contributed by atoms with Gasteiger partial charge in [0.05, 0.1) is 0 Å². The number of aromatic nitrogens is 2. The molecule has 3 rings (SSSR count). The molecule has 0 aliphatic heterocycles. The number of hydrogen-bond donors (Lipinski definition) is 0. The molecule has 7 nitrogen and oxygen atoms in total. The van der Waals surface area contributed by atoms with Crippen LogP contribution in [0.2, 0.25) is 0 Å². The van der Waals surface area contributed by atoms with Crippen molar-refractivity contribution in [1.82, 2.24) is 9.55 Å². The maximum Gasteiger partial charge on any atom is 0.343 e. The molecule has 1 atom stereocenters. The lowest BCUT2D eigenvalue weighted by atomic mass is 9.86. The second-order valence-electron chi connectivity index (χ2n) is 8.11. The Morgan fingerprint density at radius 1 is 1.17 bits per heavy atom. The first-order chi connectivity index (χ1) is 13.5. The van der Waals surface area contributed by atoms with E-state index in [0.29, 0.717) is 5.56 Å². The first-order valence-electron chi connectivity index (χ1n) is 9.31. The van der Waals surface area contributed by atoms with Crippen LogP contribution < -0.4 is 5.56 Å². The highest BCUT2D eigenvalue weighted by Crippen LogP contribution is 2.24. The maximum atomic E-state index is 12.7. The average Bonchev–Trinajstić information content (AvgIpc) is 3.00. The summed E-state index contributed by atoms with van der Waals surface area (Å²) in [5, 5.41) is 0.0479. The van der Waals surface area contributed by atoms with Gasteiger partial charge in [-0.05, 0) is 24.8 Å². The average molecular weight is 396 g/mol. The van der Waals surface area contributed by atoms with Gasteiger partial charge in [0.1, 0.15) is 23.0 Å². The van der Waals surface area contributed by atoms with Crippen LogP contribution in [0.25, 0.3) is 11.1 Å². The summed E-state index contributed by atoms with van der Waals surface area (Å²) >= 11 is 0. The fourth-order valence-corrected chi connectivity index (χ4v) is 3.08. The van der Waals surface area contributed by atoms with E-state index in [1.54, 1.807) is 19.1 Å². The Hall–Kier alpha value is -3.22. The number of ether oxygens (including phenoxy) is 1. The van der Waals surface area contributed by atoms with Crippen LogP contribution in [0.1, 0.15) is 59.7 Å². The summed E-state index contributed by atoms with van der Waals surface area (Å²) in [6.07, 6.45) is 0.295. The second-order valence-corrected chi connectivity index (χ2v) is 8.11. The van der Waals surface area contributed by atoms with E-state index in [9.17, 15) is 14.4 Å².